The Kier molecular flexibility index (Phi) is 2.95. The van der Waals surface area contributed by atoms with Gasteiger partial charge in [-0.15, -0.1) is 5.10 Å². The summed E-state index contributed by atoms with van der Waals surface area (Å²) in [7, 11) is 0. The van der Waals surface area contributed by atoms with Crippen molar-refractivity contribution in [3.05, 3.63) is 53.4 Å². The predicted octanol–water partition coefficient (Wildman–Crippen LogP) is 2.96. The molecule has 0 unspecified atom stereocenters. The third-order valence-corrected chi connectivity index (χ3v) is 3.30. The van der Waals surface area contributed by atoms with Crippen molar-refractivity contribution in [3.8, 4) is 17.1 Å². The maximum Gasteiger partial charge on any atom is 0.172 e. The molecule has 0 saturated heterocycles. The number of rotatable bonds is 3. The van der Waals surface area contributed by atoms with Gasteiger partial charge in [0.15, 0.2) is 17.7 Å². The van der Waals surface area contributed by atoms with Gasteiger partial charge in [-0.25, -0.2) is 4.68 Å². The van der Waals surface area contributed by atoms with E-state index in [2.05, 4.69) is 10.3 Å². The lowest BCUT2D eigenvalue weighted by Gasteiger charge is -2.07. The van der Waals surface area contributed by atoms with Crippen molar-refractivity contribution in [3.63, 3.8) is 0 Å². The summed E-state index contributed by atoms with van der Waals surface area (Å²) in [4.78, 5) is 11.1. The third-order valence-electron chi connectivity index (χ3n) is 3.30. The van der Waals surface area contributed by atoms with E-state index >= 15 is 0 Å². The molecule has 0 amide bonds. The van der Waals surface area contributed by atoms with Gasteiger partial charge >= 0.3 is 0 Å². The van der Waals surface area contributed by atoms with Crippen LogP contribution in [0.15, 0.2) is 41.0 Å². The molecule has 0 radical (unpaired) electrons. The fraction of sp³-hybridized carbons (Fsp3) is 0.133. The van der Waals surface area contributed by atoms with Gasteiger partial charge in [0.25, 0.3) is 0 Å². The van der Waals surface area contributed by atoms with Crippen LogP contribution in [0.3, 0.4) is 0 Å². The number of furan rings is 1. The molecule has 5 heteroatoms. The highest BCUT2D eigenvalue weighted by atomic mass is 16.3. The summed E-state index contributed by atoms with van der Waals surface area (Å²) in [5.41, 5.74) is 4.02. The number of aromatic nitrogens is 3. The zero-order valence-electron chi connectivity index (χ0n) is 11.2. The van der Waals surface area contributed by atoms with Crippen molar-refractivity contribution >= 4 is 6.29 Å². The van der Waals surface area contributed by atoms with Crippen LogP contribution in [0.2, 0.25) is 0 Å². The maximum atomic E-state index is 11.1. The van der Waals surface area contributed by atoms with E-state index in [1.165, 1.54) is 5.56 Å². The van der Waals surface area contributed by atoms with Gasteiger partial charge < -0.3 is 4.42 Å². The zero-order valence-corrected chi connectivity index (χ0v) is 11.2. The minimum Gasteiger partial charge on any atom is -0.463 e. The van der Waals surface area contributed by atoms with Crippen LogP contribution in [-0.4, -0.2) is 21.3 Å². The molecule has 2 aromatic heterocycles. The number of aldehydes is 1. The molecule has 1 aromatic carbocycles. The Morgan fingerprint density at radius 1 is 1.20 bits per heavy atom. The first kappa shape index (κ1) is 12.3. The van der Waals surface area contributed by atoms with Crippen LogP contribution >= 0.6 is 0 Å². The van der Waals surface area contributed by atoms with E-state index in [0.717, 1.165) is 11.3 Å². The highest BCUT2D eigenvalue weighted by Gasteiger charge is 2.18. The van der Waals surface area contributed by atoms with Crippen LogP contribution in [0.4, 0.5) is 0 Å². The number of carbonyl (C=O) groups excluding carboxylic acids is 1. The van der Waals surface area contributed by atoms with Crippen molar-refractivity contribution in [2.75, 3.05) is 0 Å². The SMILES string of the molecule is Cc1ccc(-n2nnc(C=O)c2-c2ccco2)cc1C. The topological polar surface area (TPSA) is 60.9 Å². The van der Waals surface area contributed by atoms with Crippen LogP contribution < -0.4 is 0 Å². The second kappa shape index (κ2) is 4.77. The van der Waals surface area contributed by atoms with Gasteiger partial charge in [-0.3, -0.25) is 4.79 Å². The maximum absolute atomic E-state index is 11.1. The Balaban J connectivity index is 2.21. The van der Waals surface area contributed by atoms with Gasteiger partial charge in [0.05, 0.1) is 12.0 Å². The normalized spacial score (nSPS) is 10.7. The second-order valence-electron chi connectivity index (χ2n) is 4.60. The van der Waals surface area contributed by atoms with Gasteiger partial charge in [-0.1, -0.05) is 11.3 Å². The first-order valence-electron chi connectivity index (χ1n) is 6.23. The van der Waals surface area contributed by atoms with E-state index in [0.29, 0.717) is 17.7 Å². The lowest BCUT2D eigenvalue weighted by molar-refractivity contribution is 0.111. The zero-order chi connectivity index (χ0) is 14.1. The van der Waals surface area contributed by atoms with Crippen molar-refractivity contribution in [1.29, 1.82) is 0 Å². The summed E-state index contributed by atoms with van der Waals surface area (Å²) in [5, 5.41) is 7.96. The van der Waals surface area contributed by atoms with Crippen LogP contribution in [0.25, 0.3) is 17.1 Å². The predicted molar refractivity (Wildman–Crippen MR) is 73.9 cm³/mol. The number of hydrogen-bond acceptors (Lipinski definition) is 4. The van der Waals surface area contributed by atoms with E-state index in [-0.39, 0.29) is 5.69 Å². The van der Waals surface area contributed by atoms with Crippen molar-refractivity contribution < 1.29 is 9.21 Å². The number of nitrogens with zero attached hydrogens (tertiary/aromatic N) is 3. The minimum absolute atomic E-state index is 0.262. The quantitative estimate of drug-likeness (QED) is 0.684. The van der Waals surface area contributed by atoms with Crippen molar-refractivity contribution in [2.45, 2.75) is 13.8 Å². The Morgan fingerprint density at radius 2 is 2.05 bits per heavy atom. The molecular weight excluding hydrogens is 254 g/mol. The van der Waals surface area contributed by atoms with E-state index in [1.807, 2.05) is 32.0 Å². The molecular formula is C15H13N3O2. The highest BCUT2D eigenvalue weighted by molar-refractivity contribution is 5.82. The van der Waals surface area contributed by atoms with E-state index in [1.54, 1.807) is 23.1 Å². The molecule has 0 aliphatic carbocycles. The Hall–Kier alpha value is -2.69. The van der Waals surface area contributed by atoms with Crippen molar-refractivity contribution in [1.82, 2.24) is 15.0 Å². The number of carbonyl (C=O) groups is 1. The molecule has 5 nitrogen and oxygen atoms in total. The minimum atomic E-state index is 0.262. The molecule has 0 spiro atoms. The van der Waals surface area contributed by atoms with Gasteiger partial charge in [0.2, 0.25) is 0 Å². The lowest BCUT2D eigenvalue weighted by Crippen LogP contribution is -2.00. The van der Waals surface area contributed by atoms with E-state index in [9.17, 15) is 4.79 Å². The fourth-order valence-corrected chi connectivity index (χ4v) is 2.05. The molecule has 0 N–H and O–H groups in total. The Morgan fingerprint density at radius 3 is 2.70 bits per heavy atom. The van der Waals surface area contributed by atoms with Crippen LogP contribution in [0.1, 0.15) is 21.6 Å². The number of hydrogen-bond donors (Lipinski definition) is 0. The summed E-state index contributed by atoms with van der Waals surface area (Å²) >= 11 is 0. The molecule has 20 heavy (non-hydrogen) atoms. The number of benzene rings is 1. The van der Waals surface area contributed by atoms with Gasteiger partial charge in [0, 0.05) is 0 Å². The summed E-state index contributed by atoms with van der Waals surface area (Å²) in [5.74, 6) is 0.565. The largest absolute Gasteiger partial charge is 0.463 e. The molecule has 2 heterocycles. The average Bonchev–Trinajstić information content (AvgIpc) is 3.09. The van der Waals surface area contributed by atoms with Gasteiger partial charge in [0.1, 0.15) is 5.69 Å². The first-order valence-corrected chi connectivity index (χ1v) is 6.23. The molecule has 0 aliphatic rings. The Bertz CT molecular complexity index is 758. The standard InChI is InChI=1S/C15H13N3O2/c1-10-5-6-12(8-11(10)2)18-15(13(9-19)16-17-18)14-4-3-7-20-14/h3-9H,1-2H3. The number of aryl methyl sites for hydroxylation is 2. The van der Waals surface area contributed by atoms with Crippen LogP contribution in [-0.2, 0) is 0 Å². The Labute approximate surface area is 115 Å². The monoisotopic (exact) mass is 267 g/mol. The summed E-state index contributed by atoms with van der Waals surface area (Å²) < 4.78 is 7.00. The average molecular weight is 267 g/mol. The van der Waals surface area contributed by atoms with E-state index < -0.39 is 0 Å². The molecule has 0 saturated carbocycles. The van der Waals surface area contributed by atoms with Crippen molar-refractivity contribution in [2.24, 2.45) is 0 Å². The summed E-state index contributed by atoms with van der Waals surface area (Å²) in [6, 6.07) is 9.51. The van der Waals surface area contributed by atoms with E-state index in [4.69, 9.17) is 4.42 Å². The van der Waals surface area contributed by atoms with Crippen LogP contribution in [0, 0.1) is 13.8 Å². The molecule has 0 aliphatic heterocycles. The summed E-state index contributed by atoms with van der Waals surface area (Å²) in [6.07, 6.45) is 2.24. The molecule has 0 fully saturated rings. The lowest BCUT2D eigenvalue weighted by atomic mass is 10.1. The smallest absolute Gasteiger partial charge is 0.172 e. The molecule has 3 rings (SSSR count). The fourth-order valence-electron chi connectivity index (χ4n) is 2.05. The van der Waals surface area contributed by atoms with Gasteiger partial charge in [-0.2, -0.15) is 0 Å². The molecule has 0 atom stereocenters. The first-order chi connectivity index (χ1) is 9.70. The summed E-state index contributed by atoms with van der Waals surface area (Å²) in [6.45, 7) is 4.08. The second-order valence-corrected chi connectivity index (χ2v) is 4.60. The molecule has 100 valence electrons. The highest BCUT2D eigenvalue weighted by Crippen LogP contribution is 2.25. The third kappa shape index (κ3) is 1.93. The van der Waals surface area contributed by atoms with Gasteiger partial charge in [-0.05, 0) is 49.2 Å². The molecule has 3 aromatic rings. The molecule has 0 bridgehead atoms. The van der Waals surface area contributed by atoms with Crippen LogP contribution in [0.5, 0.6) is 0 Å².